The van der Waals surface area contributed by atoms with E-state index in [1.165, 1.54) is 4.90 Å². The topological polar surface area (TPSA) is 52.7 Å². The molecular weight excluding hydrogens is 333 g/mol. The maximum absolute atomic E-state index is 12.5. The summed E-state index contributed by atoms with van der Waals surface area (Å²) in [5, 5.41) is 3.45. The summed E-state index contributed by atoms with van der Waals surface area (Å²) in [6.07, 6.45) is 0. The van der Waals surface area contributed by atoms with E-state index >= 15 is 0 Å². The second kappa shape index (κ2) is 5.94. The Bertz CT molecular complexity index is 599. The molecule has 2 aliphatic heterocycles. The first-order valence-corrected chi connectivity index (χ1v) is 8.31. The van der Waals surface area contributed by atoms with Crippen molar-refractivity contribution in [3.8, 4) is 0 Å². The Hall–Kier alpha value is -1.11. The molecule has 1 aromatic carbocycles. The molecule has 3 rings (SSSR count). The lowest BCUT2D eigenvalue weighted by Crippen LogP contribution is -2.44. The zero-order valence-corrected chi connectivity index (χ0v) is 13.3. The SMILES string of the molecule is O=C1NCCN1C(=O)N1CCS[C@@H]1c1ccc(Cl)c(Cl)c1. The van der Waals surface area contributed by atoms with Gasteiger partial charge in [-0.3, -0.25) is 0 Å². The quantitative estimate of drug-likeness (QED) is 0.850. The van der Waals surface area contributed by atoms with Crippen LogP contribution in [0.1, 0.15) is 10.9 Å². The number of halogens is 2. The largest absolute Gasteiger partial charge is 0.336 e. The summed E-state index contributed by atoms with van der Waals surface area (Å²) < 4.78 is 0. The van der Waals surface area contributed by atoms with Gasteiger partial charge in [0, 0.05) is 25.4 Å². The van der Waals surface area contributed by atoms with Crippen LogP contribution in [-0.4, -0.2) is 47.2 Å². The van der Waals surface area contributed by atoms with Crippen molar-refractivity contribution in [3.63, 3.8) is 0 Å². The third kappa shape index (κ3) is 2.80. The Labute approximate surface area is 136 Å². The smallest absolute Gasteiger partial charge is 0.329 e. The maximum atomic E-state index is 12.5. The highest BCUT2D eigenvalue weighted by molar-refractivity contribution is 7.99. The van der Waals surface area contributed by atoms with Crippen LogP contribution < -0.4 is 5.32 Å². The van der Waals surface area contributed by atoms with Gasteiger partial charge in [-0.05, 0) is 17.7 Å². The predicted molar refractivity (Wildman–Crippen MR) is 83.9 cm³/mol. The van der Waals surface area contributed by atoms with E-state index < -0.39 is 0 Å². The van der Waals surface area contributed by atoms with Crippen molar-refractivity contribution in [3.05, 3.63) is 33.8 Å². The number of nitrogens with one attached hydrogen (secondary N) is 1. The summed E-state index contributed by atoms with van der Waals surface area (Å²) in [6, 6.07) is 4.78. The number of urea groups is 2. The van der Waals surface area contributed by atoms with Crippen molar-refractivity contribution < 1.29 is 9.59 Å². The van der Waals surface area contributed by atoms with Crippen molar-refractivity contribution in [2.45, 2.75) is 5.37 Å². The van der Waals surface area contributed by atoms with Crippen LogP contribution in [-0.2, 0) is 0 Å². The van der Waals surface area contributed by atoms with Gasteiger partial charge in [-0.15, -0.1) is 11.8 Å². The molecule has 2 aliphatic rings. The lowest BCUT2D eigenvalue weighted by molar-refractivity contribution is 0.165. The minimum absolute atomic E-state index is 0.138. The van der Waals surface area contributed by atoms with E-state index in [9.17, 15) is 9.59 Å². The molecule has 2 saturated heterocycles. The Morgan fingerprint density at radius 2 is 2.10 bits per heavy atom. The number of imide groups is 1. The third-order valence-corrected chi connectivity index (χ3v) is 5.45. The molecule has 8 heteroatoms. The van der Waals surface area contributed by atoms with Crippen LogP contribution in [0, 0.1) is 0 Å². The summed E-state index contributed by atoms with van der Waals surface area (Å²) in [7, 11) is 0. The zero-order chi connectivity index (χ0) is 15.0. The predicted octanol–water partition coefficient (Wildman–Crippen LogP) is 3.19. The molecule has 0 saturated carbocycles. The van der Waals surface area contributed by atoms with Gasteiger partial charge in [0.2, 0.25) is 0 Å². The molecule has 1 N–H and O–H groups in total. The monoisotopic (exact) mass is 345 g/mol. The Morgan fingerprint density at radius 3 is 2.76 bits per heavy atom. The average molecular weight is 346 g/mol. The number of nitrogens with zero attached hydrogens (tertiary/aromatic N) is 2. The molecule has 0 bridgehead atoms. The molecule has 1 atom stereocenters. The molecule has 21 heavy (non-hydrogen) atoms. The van der Waals surface area contributed by atoms with Crippen molar-refractivity contribution in [2.24, 2.45) is 0 Å². The summed E-state index contributed by atoms with van der Waals surface area (Å²) in [4.78, 5) is 27.1. The fourth-order valence-corrected chi connectivity index (χ4v) is 3.96. The zero-order valence-electron chi connectivity index (χ0n) is 11.0. The van der Waals surface area contributed by atoms with Crippen molar-refractivity contribution >= 4 is 47.0 Å². The Balaban J connectivity index is 1.83. The summed E-state index contributed by atoms with van der Waals surface area (Å²) in [5.74, 6) is 0.826. The molecule has 0 spiro atoms. The standard InChI is InChI=1S/C13H13Cl2N3O2S/c14-9-2-1-8(7-10(9)15)11-17(5-6-21-11)13(20)18-4-3-16-12(18)19/h1-2,7,11H,3-6H2,(H,16,19)/t11-/m1/s1. The molecule has 5 nitrogen and oxygen atoms in total. The van der Waals surface area contributed by atoms with Gasteiger partial charge in [0.15, 0.2) is 0 Å². The number of hydrogen-bond donors (Lipinski definition) is 1. The van der Waals surface area contributed by atoms with Crippen LogP contribution in [0.4, 0.5) is 9.59 Å². The number of carbonyl (C=O) groups is 2. The highest BCUT2D eigenvalue weighted by Crippen LogP contribution is 2.40. The molecule has 0 aromatic heterocycles. The second-order valence-corrected chi connectivity index (χ2v) is 6.76. The first kappa shape index (κ1) is 14.8. The minimum Gasteiger partial charge on any atom is -0.336 e. The highest BCUT2D eigenvalue weighted by Gasteiger charge is 2.37. The van der Waals surface area contributed by atoms with Crippen LogP contribution in [0.2, 0.25) is 10.0 Å². The first-order valence-electron chi connectivity index (χ1n) is 6.50. The molecule has 0 unspecified atom stereocenters. The molecule has 0 radical (unpaired) electrons. The number of amides is 4. The molecule has 1 aromatic rings. The van der Waals surface area contributed by atoms with E-state index in [1.54, 1.807) is 28.8 Å². The van der Waals surface area contributed by atoms with Crippen LogP contribution >= 0.6 is 35.0 Å². The molecule has 2 fully saturated rings. The highest BCUT2D eigenvalue weighted by atomic mass is 35.5. The van der Waals surface area contributed by atoms with E-state index in [1.807, 2.05) is 6.07 Å². The van der Waals surface area contributed by atoms with Crippen LogP contribution in [0.15, 0.2) is 18.2 Å². The van der Waals surface area contributed by atoms with Crippen LogP contribution in [0.5, 0.6) is 0 Å². The van der Waals surface area contributed by atoms with Gasteiger partial charge in [-0.25, -0.2) is 14.5 Å². The van der Waals surface area contributed by atoms with Crippen LogP contribution in [0.25, 0.3) is 0 Å². The third-order valence-electron chi connectivity index (χ3n) is 3.45. The maximum Gasteiger partial charge on any atom is 0.329 e. The fourth-order valence-electron chi connectivity index (χ4n) is 2.42. The van der Waals surface area contributed by atoms with Crippen molar-refractivity contribution in [2.75, 3.05) is 25.4 Å². The van der Waals surface area contributed by atoms with Crippen molar-refractivity contribution in [1.29, 1.82) is 0 Å². The number of carbonyl (C=O) groups excluding carboxylic acids is 2. The number of benzene rings is 1. The van der Waals surface area contributed by atoms with E-state index in [4.69, 9.17) is 23.2 Å². The van der Waals surface area contributed by atoms with Gasteiger partial charge in [0.1, 0.15) is 5.37 Å². The normalized spacial score (nSPS) is 21.8. The summed E-state index contributed by atoms with van der Waals surface area (Å²) in [6.45, 7) is 1.52. The second-order valence-electron chi connectivity index (χ2n) is 4.76. The summed E-state index contributed by atoms with van der Waals surface area (Å²) >= 11 is 13.6. The number of rotatable bonds is 1. The van der Waals surface area contributed by atoms with Gasteiger partial charge in [0.05, 0.1) is 10.0 Å². The first-order chi connectivity index (χ1) is 10.1. The molecular formula is C13H13Cl2N3O2S. The lowest BCUT2D eigenvalue weighted by atomic mass is 10.2. The molecule has 0 aliphatic carbocycles. The fraction of sp³-hybridized carbons (Fsp3) is 0.385. The lowest BCUT2D eigenvalue weighted by Gasteiger charge is -2.27. The van der Waals surface area contributed by atoms with Gasteiger partial charge in [-0.1, -0.05) is 29.3 Å². The van der Waals surface area contributed by atoms with Gasteiger partial charge >= 0.3 is 12.1 Å². The van der Waals surface area contributed by atoms with Gasteiger partial charge in [-0.2, -0.15) is 0 Å². The van der Waals surface area contributed by atoms with E-state index in [-0.39, 0.29) is 17.4 Å². The molecule has 112 valence electrons. The van der Waals surface area contributed by atoms with E-state index in [0.717, 1.165) is 11.3 Å². The minimum atomic E-state index is -0.329. The van der Waals surface area contributed by atoms with Gasteiger partial charge < -0.3 is 10.2 Å². The van der Waals surface area contributed by atoms with Crippen LogP contribution in [0.3, 0.4) is 0 Å². The van der Waals surface area contributed by atoms with Gasteiger partial charge in [0.25, 0.3) is 0 Å². The number of thioether (sulfide) groups is 1. The Morgan fingerprint density at radius 1 is 1.29 bits per heavy atom. The molecule has 2 heterocycles. The summed E-state index contributed by atoms with van der Waals surface area (Å²) in [5.41, 5.74) is 0.917. The van der Waals surface area contributed by atoms with E-state index in [0.29, 0.717) is 29.7 Å². The Kier molecular flexibility index (Phi) is 4.19. The molecule has 4 amide bonds. The van der Waals surface area contributed by atoms with Crippen molar-refractivity contribution in [1.82, 2.24) is 15.1 Å². The number of hydrogen-bond acceptors (Lipinski definition) is 3. The van der Waals surface area contributed by atoms with E-state index in [2.05, 4.69) is 5.32 Å². The average Bonchev–Trinajstić information content (AvgIpc) is 3.10.